The van der Waals surface area contributed by atoms with Crippen molar-refractivity contribution in [3.05, 3.63) is 52.2 Å². The molecule has 4 nitrogen and oxygen atoms in total. The van der Waals surface area contributed by atoms with E-state index in [0.717, 1.165) is 5.56 Å². The Morgan fingerprint density at radius 2 is 2.20 bits per heavy atom. The Morgan fingerprint density at radius 3 is 2.90 bits per heavy atom. The first-order valence-electron chi connectivity index (χ1n) is 6.33. The van der Waals surface area contributed by atoms with Crippen LogP contribution in [0.2, 0.25) is 0 Å². The van der Waals surface area contributed by atoms with Crippen LogP contribution in [0, 0.1) is 0 Å². The van der Waals surface area contributed by atoms with Gasteiger partial charge in [0.25, 0.3) is 5.91 Å². The fraction of sp³-hybridized carbons (Fsp3) is 0.267. The van der Waals surface area contributed by atoms with Gasteiger partial charge in [0, 0.05) is 6.54 Å². The van der Waals surface area contributed by atoms with Crippen molar-refractivity contribution in [1.82, 2.24) is 5.32 Å². The van der Waals surface area contributed by atoms with Gasteiger partial charge in [-0.2, -0.15) is 11.3 Å². The fourth-order valence-corrected chi connectivity index (χ4v) is 2.59. The molecule has 5 heteroatoms. The van der Waals surface area contributed by atoms with Gasteiger partial charge < -0.3 is 15.2 Å². The lowest BCUT2D eigenvalue weighted by atomic mass is 10.1. The predicted molar refractivity (Wildman–Crippen MR) is 79.2 cm³/mol. The van der Waals surface area contributed by atoms with Crippen LogP contribution in [0.3, 0.4) is 0 Å². The highest BCUT2D eigenvalue weighted by atomic mass is 32.1. The smallest absolute Gasteiger partial charge is 0.255 e. The number of ether oxygens (including phenoxy) is 1. The van der Waals surface area contributed by atoms with Crippen molar-refractivity contribution in [2.75, 3.05) is 13.7 Å². The number of carbonyl (C=O) groups is 1. The molecule has 1 aromatic heterocycles. The van der Waals surface area contributed by atoms with Crippen LogP contribution in [-0.4, -0.2) is 24.7 Å². The first-order valence-corrected chi connectivity index (χ1v) is 7.28. The Hall–Kier alpha value is -1.85. The quantitative estimate of drug-likeness (QED) is 0.860. The van der Waals surface area contributed by atoms with E-state index in [0.29, 0.717) is 24.3 Å². The molecule has 1 heterocycles. The number of aliphatic hydroxyl groups excluding tert-OH is 1. The standard InChI is InChI=1S/C15H17NO3S/c1-19-14-5-3-2-4-12(14)15(18)16-8-6-13(17)11-7-9-20-10-11/h2-5,7,9-10,13,17H,6,8H2,1H3,(H,16,18)/t13-/m1/s1. The van der Waals surface area contributed by atoms with Crippen molar-refractivity contribution in [1.29, 1.82) is 0 Å². The van der Waals surface area contributed by atoms with Crippen molar-refractivity contribution in [2.24, 2.45) is 0 Å². The van der Waals surface area contributed by atoms with E-state index in [4.69, 9.17) is 4.74 Å². The number of aliphatic hydroxyl groups is 1. The van der Waals surface area contributed by atoms with Crippen LogP contribution in [0.4, 0.5) is 0 Å². The third kappa shape index (κ3) is 3.59. The summed E-state index contributed by atoms with van der Waals surface area (Å²) < 4.78 is 5.14. The molecule has 20 heavy (non-hydrogen) atoms. The lowest BCUT2D eigenvalue weighted by Gasteiger charge is -2.11. The molecule has 0 saturated carbocycles. The molecular weight excluding hydrogens is 274 g/mol. The van der Waals surface area contributed by atoms with Crippen molar-refractivity contribution >= 4 is 17.2 Å². The average molecular weight is 291 g/mol. The summed E-state index contributed by atoms with van der Waals surface area (Å²) in [5.41, 5.74) is 1.39. The minimum atomic E-state index is -0.542. The monoisotopic (exact) mass is 291 g/mol. The maximum Gasteiger partial charge on any atom is 0.255 e. The Bertz CT molecular complexity index is 554. The van der Waals surface area contributed by atoms with Gasteiger partial charge >= 0.3 is 0 Å². The first-order chi connectivity index (χ1) is 9.72. The molecule has 0 unspecified atom stereocenters. The fourth-order valence-electron chi connectivity index (χ4n) is 1.88. The Kier molecular flexibility index (Phi) is 5.15. The van der Waals surface area contributed by atoms with Gasteiger partial charge in [-0.3, -0.25) is 4.79 Å². The van der Waals surface area contributed by atoms with E-state index in [1.54, 1.807) is 29.5 Å². The van der Waals surface area contributed by atoms with E-state index in [2.05, 4.69) is 5.32 Å². The Labute approximate surface area is 122 Å². The lowest BCUT2D eigenvalue weighted by Crippen LogP contribution is -2.26. The third-order valence-corrected chi connectivity index (χ3v) is 3.68. The van der Waals surface area contributed by atoms with Crippen LogP contribution in [0.25, 0.3) is 0 Å². The number of hydrogen-bond acceptors (Lipinski definition) is 4. The number of carbonyl (C=O) groups excluding carboxylic acids is 1. The molecule has 0 aliphatic carbocycles. The van der Waals surface area contributed by atoms with Gasteiger partial charge in [0.05, 0.1) is 18.8 Å². The number of methoxy groups -OCH3 is 1. The molecular formula is C15H17NO3S. The molecule has 1 aromatic carbocycles. The van der Waals surface area contributed by atoms with Gasteiger partial charge in [-0.1, -0.05) is 12.1 Å². The van der Waals surface area contributed by atoms with Crippen LogP contribution in [-0.2, 0) is 0 Å². The number of nitrogens with one attached hydrogen (secondary N) is 1. The molecule has 2 rings (SSSR count). The van der Waals surface area contributed by atoms with Gasteiger partial charge in [-0.25, -0.2) is 0 Å². The van der Waals surface area contributed by atoms with Crippen LogP contribution >= 0.6 is 11.3 Å². The zero-order valence-corrected chi connectivity index (χ0v) is 12.0. The van der Waals surface area contributed by atoms with Crippen LogP contribution in [0.15, 0.2) is 41.1 Å². The molecule has 2 N–H and O–H groups in total. The molecule has 0 radical (unpaired) electrons. The number of rotatable bonds is 6. The Balaban J connectivity index is 1.86. The summed E-state index contributed by atoms with van der Waals surface area (Å²) in [7, 11) is 1.53. The first kappa shape index (κ1) is 14.6. The molecule has 0 aliphatic heterocycles. The molecule has 0 spiro atoms. The minimum absolute atomic E-state index is 0.194. The molecule has 0 aliphatic rings. The predicted octanol–water partition coefficient (Wildman–Crippen LogP) is 2.61. The van der Waals surface area contributed by atoms with Crippen LogP contribution in [0.5, 0.6) is 5.75 Å². The molecule has 0 saturated heterocycles. The highest BCUT2D eigenvalue weighted by Crippen LogP contribution is 2.19. The second kappa shape index (κ2) is 7.07. The van der Waals surface area contributed by atoms with Crippen molar-refractivity contribution < 1.29 is 14.6 Å². The van der Waals surface area contributed by atoms with Gasteiger partial charge in [-0.05, 0) is 40.9 Å². The summed E-state index contributed by atoms with van der Waals surface area (Å²) >= 11 is 1.55. The molecule has 1 atom stereocenters. The summed E-state index contributed by atoms with van der Waals surface area (Å²) in [6.07, 6.45) is -0.0586. The summed E-state index contributed by atoms with van der Waals surface area (Å²) in [4.78, 5) is 12.0. The SMILES string of the molecule is COc1ccccc1C(=O)NCC[C@@H](O)c1ccsc1. The second-order valence-corrected chi connectivity index (χ2v) is 5.10. The van der Waals surface area contributed by atoms with Gasteiger partial charge in [0.15, 0.2) is 0 Å². The third-order valence-electron chi connectivity index (χ3n) is 2.98. The summed E-state index contributed by atoms with van der Waals surface area (Å²) in [6.45, 7) is 0.411. The van der Waals surface area contributed by atoms with Crippen molar-refractivity contribution in [3.8, 4) is 5.75 Å². The molecule has 1 amide bonds. The summed E-state index contributed by atoms with van der Waals surface area (Å²) in [5.74, 6) is 0.350. The van der Waals surface area contributed by atoms with Gasteiger partial charge in [0.2, 0.25) is 0 Å². The zero-order valence-electron chi connectivity index (χ0n) is 11.2. The van der Waals surface area contributed by atoms with E-state index in [-0.39, 0.29) is 5.91 Å². The molecule has 106 valence electrons. The van der Waals surface area contributed by atoms with Crippen molar-refractivity contribution in [3.63, 3.8) is 0 Å². The van der Waals surface area contributed by atoms with E-state index in [1.807, 2.05) is 22.9 Å². The highest BCUT2D eigenvalue weighted by Gasteiger charge is 2.12. The number of amides is 1. The van der Waals surface area contributed by atoms with Gasteiger partial charge in [-0.15, -0.1) is 0 Å². The largest absolute Gasteiger partial charge is 0.496 e. The zero-order chi connectivity index (χ0) is 14.4. The molecule has 0 fully saturated rings. The molecule has 2 aromatic rings. The van der Waals surface area contributed by atoms with Crippen LogP contribution < -0.4 is 10.1 Å². The number of benzene rings is 1. The van der Waals surface area contributed by atoms with Gasteiger partial charge in [0.1, 0.15) is 5.75 Å². The summed E-state index contributed by atoms with van der Waals surface area (Å²) in [5, 5.41) is 16.5. The normalized spacial score (nSPS) is 11.9. The highest BCUT2D eigenvalue weighted by molar-refractivity contribution is 7.07. The topological polar surface area (TPSA) is 58.6 Å². The number of hydrogen-bond donors (Lipinski definition) is 2. The van der Waals surface area contributed by atoms with E-state index in [9.17, 15) is 9.90 Å². The minimum Gasteiger partial charge on any atom is -0.496 e. The second-order valence-electron chi connectivity index (χ2n) is 4.32. The maximum atomic E-state index is 12.0. The van der Waals surface area contributed by atoms with E-state index in [1.165, 1.54) is 7.11 Å². The Morgan fingerprint density at radius 1 is 1.40 bits per heavy atom. The number of para-hydroxylation sites is 1. The number of thiophene rings is 1. The van der Waals surface area contributed by atoms with E-state index < -0.39 is 6.10 Å². The maximum absolute atomic E-state index is 12.0. The van der Waals surface area contributed by atoms with E-state index >= 15 is 0 Å². The average Bonchev–Trinajstić information content (AvgIpc) is 3.01. The lowest BCUT2D eigenvalue weighted by molar-refractivity contribution is 0.0939. The summed E-state index contributed by atoms with van der Waals surface area (Å²) in [6, 6.07) is 8.95. The van der Waals surface area contributed by atoms with Crippen LogP contribution in [0.1, 0.15) is 28.4 Å². The molecule has 0 bridgehead atoms. The van der Waals surface area contributed by atoms with Crippen molar-refractivity contribution in [2.45, 2.75) is 12.5 Å².